The summed E-state index contributed by atoms with van der Waals surface area (Å²) in [6.07, 6.45) is 4.58. The Balaban J connectivity index is 2.43. The molecule has 0 amide bonds. The van der Waals surface area contributed by atoms with E-state index in [1.165, 1.54) is 12.8 Å². The van der Waals surface area contributed by atoms with Crippen LogP contribution in [0, 0.1) is 11.3 Å². The Morgan fingerprint density at radius 1 is 1.65 bits per heavy atom. The molecular weight excluding hydrogens is 210 g/mol. The molecule has 0 radical (unpaired) electrons. The van der Waals surface area contributed by atoms with E-state index >= 15 is 0 Å². The van der Waals surface area contributed by atoms with Gasteiger partial charge in [0.25, 0.3) is 0 Å². The number of nitrogens with one attached hydrogen (secondary N) is 2. The van der Waals surface area contributed by atoms with Crippen molar-refractivity contribution in [3.8, 4) is 0 Å². The highest BCUT2D eigenvalue weighted by Gasteiger charge is 2.32. The van der Waals surface area contributed by atoms with Crippen LogP contribution in [0.4, 0.5) is 0 Å². The van der Waals surface area contributed by atoms with Gasteiger partial charge in [0.1, 0.15) is 0 Å². The molecule has 0 saturated heterocycles. The zero-order valence-electron chi connectivity index (χ0n) is 11.7. The second-order valence-electron chi connectivity index (χ2n) is 5.73. The maximum Gasteiger partial charge on any atom is 0.0877 e. The normalized spacial score (nSPS) is 21.9. The van der Waals surface area contributed by atoms with Crippen LogP contribution in [0.3, 0.4) is 0 Å². The Morgan fingerprint density at radius 2 is 2.35 bits per heavy atom. The fraction of sp³-hybridized carbons (Fsp3) is 0.786. The lowest BCUT2D eigenvalue weighted by Crippen LogP contribution is -2.28. The van der Waals surface area contributed by atoms with Crippen molar-refractivity contribution in [3.05, 3.63) is 11.8 Å². The van der Waals surface area contributed by atoms with Crippen LogP contribution in [-0.2, 0) is 0 Å². The van der Waals surface area contributed by atoms with Gasteiger partial charge in [0, 0.05) is 6.04 Å². The quantitative estimate of drug-likeness (QED) is 0.527. The summed E-state index contributed by atoms with van der Waals surface area (Å²) < 4.78 is 0. The lowest BCUT2D eigenvalue weighted by Gasteiger charge is -2.33. The van der Waals surface area contributed by atoms with Gasteiger partial charge in [-0.15, -0.1) is 0 Å². The number of nitrogens with zero attached hydrogens (tertiary/aromatic N) is 1. The van der Waals surface area contributed by atoms with Crippen molar-refractivity contribution in [1.29, 1.82) is 0 Å². The zero-order valence-corrected chi connectivity index (χ0v) is 11.7. The van der Waals surface area contributed by atoms with E-state index in [4.69, 9.17) is 0 Å². The van der Waals surface area contributed by atoms with Gasteiger partial charge in [0.15, 0.2) is 0 Å². The predicted octanol–water partition coefficient (Wildman–Crippen LogP) is 2.55. The predicted molar refractivity (Wildman–Crippen MR) is 75.3 cm³/mol. The third kappa shape index (κ3) is 3.84. The molecule has 3 heteroatoms. The summed E-state index contributed by atoms with van der Waals surface area (Å²) in [5, 5.41) is 6.68. The van der Waals surface area contributed by atoms with Gasteiger partial charge < -0.3 is 5.32 Å². The van der Waals surface area contributed by atoms with E-state index < -0.39 is 0 Å². The lowest BCUT2D eigenvalue weighted by atomic mass is 9.72. The summed E-state index contributed by atoms with van der Waals surface area (Å²) in [6, 6.07) is 0.597. The molecule has 0 aromatic heterocycles. The summed E-state index contributed by atoms with van der Waals surface area (Å²) in [6.45, 7) is 14.4. The average Bonchev–Trinajstić information content (AvgIpc) is 2.71. The minimum absolute atomic E-state index is 0.279. The zero-order chi connectivity index (χ0) is 12.9. The first-order valence-corrected chi connectivity index (χ1v) is 6.57. The van der Waals surface area contributed by atoms with Crippen molar-refractivity contribution in [1.82, 2.24) is 10.6 Å². The fourth-order valence-corrected chi connectivity index (χ4v) is 2.29. The maximum absolute atomic E-state index is 3.80. The molecule has 3 nitrogen and oxygen atoms in total. The maximum atomic E-state index is 3.80. The Hall–Kier alpha value is -0.830. The van der Waals surface area contributed by atoms with E-state index in [1.807, 2.05) is 0 Å². The molecule has 17 heavy (non-hydrogen) atoms. The van der Waals surface area contributed by atoms with Gasteiger partial charge in [0.05, 0.1) is 6.67 Å². The molecule has 0 saturated carbocycles. The average molecular weight is 237 g/mol. The Kier molecular flexibility index (Phi) is 5.19. The first-order valence-electron chi connectivity index (χ1n) is 6.57. The third-order valence-electron chi connectivity index (χ3n) is 4.11. The molecule has 0 bridgehead atoms. The van der Waals surface area contributed by atoms with Gasteiger partial charge in [0.2, 0.25) is 0 Å². The second-order valence-corrected chi connectivity index (χ2v) is 5.73. The first kappa shape index (κ1) is 14.2. The van der Waals surface area contributed by atoms with E-state index in [-0.39, 0.29) is 5.41 Å². The topological polar surface area (TPSA) is 36.4 Å². The molecule has 1 aliphatic rings. The van der Waals surface area contributed by atoms with Crippen LogP contribution < -0.4 is 10.6 Å². The first-order chi connectivity index (χ1) is 7.98. The molecule has 0 spiro atoms. The van der Waals surface area contributed by atoms with Crippen molar-refractivity contribution >= 4 is 6.72 Å². The smallest absolute Gasteiger partial charge is 0.0877 e. The van der Waals surface area contributed by atoms with Crippen LogP contribution >= 0.6 is 0 Å². The molecule has 98 valence electrons. The molecule has 1 rings (SSSR count). The van der Waals surface area contributed by atoms with Gasteiger partial charge >= 0.3 is 0 Å². The van der Waals surface area contributed by atoms with Gasteiger partial charge in [-0.3, -0.25) is 10.3 Å². The largest absolute Gasteiger partial charge is 0.388 e. The SMILES string of the molecule is C=NCNCCC(C)C(C)(C)C1=CNC(C)C1. The molecule has 2 unspecified atom stereocenters. The van der Waals surface area contributed by atoms with Gasteiger partial charge in [-0.2, -0.15) is 0 Å². The molecule has 2 atom stereocenters. The highest BCUT2D eigenvalue weighted by atomic mass is 15.0. The minimum atomic E-state index is 0.279. The van der Waals surface area contributed by atoms with Crippen LogP contribution in [0.15, 0.2) is 16.8 Å². The summed E-state index contributed by atoms with van der Waals surface area (Å²) in [5.74, 6) is 0.665. The van der Waals surface area contributed by atoms with Crippen molar-refractivity contribution in [2.45, 2.75) is 46.6 Å². The van der Waals surface area contributed by atoms with E-state index in [0.717, 1.165) is 6.54 Å². The van der Waals surface area contributed by atoms with Crippen LogP contribution in [-0.4, -0.2) is 26.0 Å². The van der Waals surface area contributed by atoms with Crippen molar-refractivity contribution in [3.63, 3.8) is 0 Å². The highest BCUT2D eigenvalue weighted by molar-refractivity contribution is 5.22. The third-order valence-corrected chi connectivity index (χ3v) is 4.11. The Labute approximate surface area is 106 Å². The van der Waals surface area contributed by atoms with Gasteiger partial charge in [-0.1, -0.05) is 20.8 Å². The van der Waals surface area contributed by atoms with Crippen LogP contribution in [0.5, 0.6) is 0 Å². The molecule has 0 aromatic carbocycles. The number of rotatable bonds is 7. The summed E-state index contributed by atoms with van der Waals surface area (Å²) in [7, 11) is 0. The lowest BCUT2D eigenvalue weighted by molar-refractivity contribution is 0.262. The Bertz CT molecular complexity index is 281. The number of aliphatic imine (C=N–C) groups is 1. The van der Waals surface area contributed by atoms with E-state index in [1.54, 1.807) is 5.57 Å². The molecule has 1 aliphatic heterocycles. The van der Waals surface area contributed by atoms with Crippen LogP contribution in [0.1, 0.15) is 40.5 Å². The second kappa shape index (κ2) is 6.20. The monoisotopic (exact) mass is 237 g/mol. The molecule has 2 N–H and O–H groups in total. The number of hydrogen-bond acceptors (Lipinski definition) is 3. The summed E-state index contributed by atoms with van der Waals surface area (Å²) in [5.41, 5.74) is 1.83. The van der Waals surface area contributed by atoms with Gasteiger partial charge in [-0.05, 0) is 56.1 Å². The van der Waals surface area contributed by atoms with Crippen molar-refractivity contribution < 1.29 is 0 Å². The van der Waals surface area contributed by atoms with E-state index in [9.17, 15) is 0 Å². The van der Waals surface area contributed by atoms with Crippen LogP contribution in [0.25, 0.3) is 0 Å². The molecular formula is C14H27N3. The van der Waals surface area contributed by atoms with E-state index in [2.05, 4.69) is 56.2 Å². The molecule has 1 heterocycles. The summed E-state index contributed by atoms with van der Waals surface area (Å²) in [4.78, 5) is 3.80. The van der Waals surface area contributed by atoms with Crippen molar-refractivity contribution in [2.75, 3.05) is 13.2 Å². The molecule has 0 fully saturated rings. The molecule has 0 aromatic rings. The highest BCUT2D eigenvalue weighted by Crippen LogP contribution is 2.40. The van der Waals surface area contributed by atoms with Crippen LogP contribution in [0.2, 0.25) is 0 Å². The summed E-state index contributed by atoms with van der Waals surface area (Å²) >= 11 is 0. The fourth-order valence-electron chi connectivity index (χ4n) is 2.29. The molecule has 0 aliphatic carbocycles. The van der Waals surface area contributed by atoms with E-state index in [0.29, 0.717) is 18.6 Å². The number of hydrogen-bond donors (Lipinski definition) is 2. The minimum Gasteiger partial charge on any atom is -0.388 e. The van der Waals surface area contributed by atoms with Gasteiger partial charge in [-0.25, -0.2) is 0 Å². The standard InChI is InChI=1S/C14H27N3/c1-11(6-7-16-10-15-5)14(3,4)13-8-12(2)17-9-13/h9,11-12,16-17H,5-8,10H2,1-4H3. The van der Waals surface area contributed by atoms with Crippen molar-refractivity contribution in [2.24, 2.45) is 16.3 Å². The Morgan fingerprint density at radius 3 is 2.88 bits per heavy atom.